The Morgan fingerprint density at radius 3 is 2.50 bits per heavy atom. The minimum atomic E-state index is -1.13. The minimum Gasteiger partial charge on any atom is -0.306 e. The molecule has 1 spiro atoms. The molecule has 3 amide bonds. The van der Waals surface area contributed by atoms with Gasteiger partial charge in [0.05, 0.1) is 17.5 Å². The highest BCUT2D eigenvalue weighted by Gasteiger charge is 2.75. The molecule has 6 heteroatoms. The van der Waals surface area contributed by atoms with Crippen LogP contribution in [0.4, 0.5) is 11.4 Å². The standard InChI is InChI=1S/C26H25N3O3/c1-2-15-27-19-13-7-6-12-18(19)26(25(27)32)22-21(20-14-8-9-16-28(20)26)23(30)29(24(22)31)17-10-4-3-5-11-17/h2-7,10-13,20-22H,1,8-9,14-16H2/t20-,21-,22-,26+/m1/s1. The largest absolute Gasteiger partial charge is 0.306 e. The molecule has 0 saturated carbocycles. The average Bonchev–Trinajstić information content (AvgIpc) is 3.37. The first-order valence-electron chi connectivity index (χ1n) is 11.3. The van der Waals surface area contributed by atoms with Gasteiger partial charge in [-0.1, -0.05) is 48.9 Å². The Morgan fingerprint density at radius 1 is 0.969 bits per heavy atom. The fourth-order valence-electron chi connectivity index (χ4n) is 6.65. The van der Waals surface area contributed by atoms with E-state index < -0.39 is 17.4 Å². The van der Waals surface area contributed by atoms with Gasteiger partial charge in [-0.2, -0.15) is 0 Å². The van der Waals surface area contributed by atoms with Crippen molar-refractivity contribution in [3.05, 3.63) is 72.8 Å². The summed E-state index contributed by atoms with van der Waals surface area (Å²) in [4.78, 5) is 47.3. The number of rotatable bonds is 3. The van der Waals surface area contributed by atoms with Crippen molar-refractivity contribution in [2.45, 2.75) is 30.8 Å². The van der Waals surface area contributed by atoms with E-state index in [1.165, 1.54) is 4.90 Å². The first-order chi connectivity index (χ1) is 15.6. The van der Waals surface area contributed by atoms with E-state index in [0.29, 0.717) is 18.8 Å². The van der Waals surface area contributed by atoms with Crippen molar-refractivity contribution in [3.63, 3.8) is 0 Å². The summed E-state index contributed by atoms with van der Waals surface area (Å²) in [6.45, 7) is 4.92. The van der Waals surface area contributed by atoms with Gasteiger partial charge in [-0.3, -0.25) is 19.3 Å². The van der Waals surface area contributed by atoms with Crippen LogP contribution in [0, 0.1) is 11.8 Å². The number of imide groups is 1. The summed E-state index contributed by atoms with van der Waals surface area (Å²) in [5, 5.41) is 0. The highest BCUT2D eigenvalue weighted by molar-refractivity contribution is 6.26. The van der Waals surface area contributed by atoms with E-state index >= 15 is 0 Å². The molecule has 4 atom stereocenters. The van der Waals surface area contributed by atoms with Crippen molar-refractivity contribution in [1.82, 2.24) is 4.90 Å². The third-order valence-electron chi connectivity index (χ3n) is 7.72. The molecule has 4 aliphatic heterocycles. The molecule has 0 aromatic heterocycles. The molecule has 4 heterocycles. The Hall–Kier alpha value is -3.25. The molecule has 6 nitrogen and oxygen atoms in total. The van der Waals surface area contributed by atoms with Gasteiger partial charge < -0.3 is 4.90 Å². The second-order valence-electron chi connectivity index (χ2n) is 9.10. The summed E-state index contributed by atoms with van der Waals surface area (Å²) in [5.74, 6) is -1.77. The fourth-order valence-corrected chi connectivity index (χ4v) is 6.65. The summed E-state index contributed by atoms with van der Waals surface area (Å²) in [6, 6.07) is 16.7. The second-order valence-corrected chi connectivity index (χ2v) is 9.10. The number of hydrogen-bond donors (Lipinski definition) is 0. The van der Waals surface area contributed by atoms with Crippen molar-refractivity contribution in [2.24, 2.45) is 11.8 Å². The number of piperidine rings is 1. The van der Waals surface area contributed by atoms with Crippen LogP contribution >= 0.6 is 0 Å². The topological polar surface area (TPSA) is 60.9 Å². The molecule has 0 bridgehead atoms. The number of amides is 3. The van der Waals surface area contributed by atoms with Crippen LogP contribution in [-0.4, -0.2) is 41.8 Å². The average molecular weight is 428 g/mol. The molecule has 32 heavy (non-hydrogen) atoms. The lowest BCUT2D eigenvalue weighted by Crippen LogP contribution is -2.58. The van der Waals surface area contributed by atoms with Gasteiger partial charge in [-0.05, 0) is 37.6 Å². The highest BCUT2D eigenvalue weighted by Crippen LogP contribution is 2.61. The van der Waals surface area contributed by atoms with Gasteiger partial charge in [0, 0.05) is 23.8 Å². The van der Waals surface area contributed by atoms with E-state index in [-0.39, 0.29) is 23.8 Å². The molecule has 0 radical (unpaired) electrons. The van der Waals surface area contributed by atoms with Crippen LogP contribution in [0.1, 0.15) is 24.8 Å². The maximum absolute atomic E-state index is 14.2. The number of carbonyl (C=O) groups is 3. The van der Waals surface area contributed by atoms with Crippen LogP contribution in [0.3, 0.4) is 0 Å². The molecule has 0 N–H and O–H groups in total. The van der Waals surface area contributed by atoms with Gasteiger partial charge in [0.25, 0.3) is 5.91 Å². The number of hydrogen-bond acceptors (Lipinski definition) is 4. The highest BCUT2D eigenvalue weighted by atomic mass is 16.2. The van der Waals surface area contributed by atoms with Crippen LogP contribution < -0.4 is 9.80 Å². The van der Waals surface area contributed by atoms with Crippen LogP contribution in [0.15, 0.2) is 67.3 Å². The number of anilines is 2. The summed E-state index contributed by atoms with van der Waals surface area (Å²) >= 11 is 0. The molecule has 0 aliphatic carbocycles. The van der Waals surface area contributed by atoms with Gasteiger partial charge in [-0.15, -0.1) is 6.58 Å². The van der Waals surface area contributed by atoms with Crippen molar-refractivity contribution in [3.8, 4) is 0 Å². The number of nitrogens with zero attached hydrogens (tertiary/aromatic N) is 3. The monoisotopic (exact) mass is 427 g/mol. The molecular weight excluding hydrogens is 402 g/mol. The fraction of sp³-hybridized carbons (Fsp3) is 0.346. The summed E-state index contributed by atoms with van der Waals surface area (Å²) in [6.07, 6.45) is 4.49. The van der Waals surface area contributed by atoms with Crippen molar-refractivity contribution in [2.75, 3.05) is 22.9 Å². The van der Waals surface area contributed by atoms with Gasteiger partial charge in [0.2, 0.25) is 11.8 Å². The predicted molar refractivity (Wildman–Crippen MR) is 121 cm³/mol. The van der Waals surface area contributed by atoms with E-state index in [9.17, 15) is 14.4 Å². The zero-order chi connectivity index (χ0) is 22.0. The molecular formula is C26H25N3O3. The number of benzene rings is 2. The van der Waals surface area contributed by atoms with E-state index in [4.69, 9.17) is 0 Å². The Balaban J connectivity index is 1.58. The first-order valence-corrected chi connectivity index (χ1v) is 11.3. The zero-order valence-corrected chi connectivity index (χ0v) is 17.8. The van der Waals surface area contributed by atoms with Crippen molar-refractivity contribution in [1.29, 1.82) is 0 Å². The summed E-state index contributed by atoms with van der Waals surface area (Å²) in [7, 11) is 0. The van der Waals surface area contributed by atoms with Crippen molar-refractivity contribution >= 4 is 29.1 Å². The number of fused-ring (bicyclic) bond motifs is 7. The summed E-state index contributed by atoms with van der Waals surface area (Å²) in [5.41, 5.74) is 1.12. The van der Waals surface area contributed by atoms with E-state index in [1.54, 1.807) is 23.1 Å². The van der Waals surface area contributed by atoms with Crippen LogP contribution in [0.5, 0.6) is 0 Å². The molecule has 162 valence electrons. The maximum Gasteiger partial charge on any atom is 0.253 e. The molecule has 0 unspecified atom stereocenters. The maximum atomic E-state index is 14.2. The second kappa shape index (κ2) is 6.87. The Labute approximate surface area is 187 Å². The lowest BCUT2D eigenvalue weighted by atomic mass is 9.76. The van der Waals surface area contributed by atoms with Gasteiger partial charge in [0.15, 0.2) is 0 Å². The molecule has 4 aliphatic rings. The predicted octanol–water partition coefficient (Wildman–Crippen LogP) is 3.09. The Morgan fingerprint density at radius 2 is 1.72 bits per heavy atom. The number of carbonyl (C=O) groups excluding carboxylic acids is 3. The molecule has 2 aromatic rings. The van der Waals surface area contributed by atoms with Gasteiger partial charge in [-0.25, -0.2) is 4.90 Å². The van der Waals surface area contributed by atoms with Crippen LogP contribution in [-0.2, 0) is 19.9 Å². The Kier molecular flexibility index (Phi) is 4.17. The third kappa shape index (κ3) is 2.20. The lowest BCUT2D eigenvalue weighted by Gasteiger charge is -2.42. The van der Waals surface area contributed by atoms with Crippen LogP contribution in [0.25, 0.3) is 0 Å². The molecule has 3 saturated heterocycles. The normalized spacial score (nSPS) is 31.2. The quantitative estimate of drug-likeness (QED) is 0.558. The minimum absolute atomic E-state index is 0.103. The van der Waals surface area contributed by atoms with E-state index in [0.717, 1.165) is 30.5 Å². The van der Waals surface area contributed by atoms with Gasteiger partial charge >= 0.3 is 0 Å². The first kappa shape index (κ1) is 19.4. The smallest absolute Gasteiger partial charge is 0.253 e. The zero-order valence-electron chi connectivity index (χ0n) is 17.8. The van der Waals surface area contributed by atoms with Crippen LogP contribution in [0.2, 0.25) is 0 Å². The molecule has 3 fully saturated rings. The lowest BCUT2D eigenvalue weighted by molar-refractivity contribution is -0.138. The third-order valence-corrected chi connectivity index (χ3v) is 7.72. The SMILES string of the molecule is C=CCN1C(=O)[C@]2(c3ccccc31)[C@H]1C(=O)N(c3ccccc3)C(=O)[C@@H]1[C@H]1CCCCN12. The molecule has 2 aromatic carbocycles. The van der Waals surface area contributed by atoms with Crippen molar-refractivity contribution < 1.29 is 14.4 Å². The summed E-state index contributed by atoms with van der Waals surface area (Å²) < 4.78 is 0. The van der Waals surface area contributed by atoms with E-state index in [1.807, 2.05) is 42.5 Å². The van der Waals surface area contributed by atoms with E-state index in [2.05, 4.69) is 11.5 Å². The van der Waals surface area contributed by atoms with Gasteiger partial charge in [0.1, 0.15) is 5.54 Å². The molecule has 6 rings (SSSR count). The number of para-hydroxylation sites is 2. The Bertz CT molecular complexity index is 1150.